The first-order valence-electron chi connectivity index (χ1n) is 8.53. The van der Waals surface area contributed by atoms with E-state index in [2.05, 4.69) is 31.0 Å². The number of nitrogens with zero attached hydrogens (tertiary/aromatic N) is 1. The highest BCUT2D eigenvalue weighted by Crippen LogP contribution is 2.44. The first-order chi connectivity index (χ1) is 9.56. The number of hydrogen-bond donors (Lipinski definition) is 1. The molecular formula is C17H34N2O. The molecule has 2 aliphatic rings. The zero-order valence-corrected chi connectivity index (χ0v) is 14.0. The fourth-order valence-electron chi connectivity index (χ4n) is 3.73. The molecular weight excluding hydrogens is 248 g/mol. The molecule has 1 saturated carbocycles. The molecule has 0 amide bonds. The molecule has 20 heavy (non-hydrogen) atoms. The van der Waals surface area contributed by atoms with Crippen LogP contribution in [0.15, 0.2) is 0 Å². The molecule has 0 spiro atoms. The lowest BCUT2D eigenvalue weighted by molar-refractivity contribution is 0.0280. The summed E-state index contributed by atoms with van der Waals surface area (Å²) in [6.07, 6.45) is 6.62. The Morgan fingerprint density at radius 2 is 2.05 bits per heavy atom. The molecule has 0 aromatic rings. The van der Waals surface area contributed by atoms with Crippen molar-refractivity contribution < 1.29 is 4.74 Å². The normalized spacial score (nSPS) is 31.9. The summed E-state index contributed by atoms with van der Waals surface area (Å²) in [4.78, 5) is 2.80. The molecule has 1 N–H and O–H groups in total. The Kier molecular flexibility index (Phi) is 5.88. The number of nitrogens with one attached hydrogen (secondary N) is 1. The first-order valence-corrected chi connectivity index (χ1v) is 8.53. The number of unbranched alkanes of at least 4 members (excludes halogenated alkanes) is 1. The quantitative estimate of drug-likeness (QED) is 0.693. The minimum absolute atomic E-state index is 0.403. The van der Waals surface area contributed by atoms with Gasteiger partial charge in [-0.25, -0.2) is 0 Å². The van der Waals surface area contributed by atoms with Crippen LogP contribution < -0.4 is 5.32 Å². The van der Waals surface area contributed by atoms with Crippen LogP contribution in [0.25, 0.3) is 0 Å². The van der Waals surface area contributed by atoms with Gasteiger partial charge in [0.2, 0.25) is 0 Å². The third kappa shape index (κ3) is 4.19. The van der Waals surface area contributed by atoms with Crippen molar-refractivity contribution in [2.75, 3.05) is 33.4 Å². The first kappa shape index (κ1) is 16.3. The predicted molar refractivity (Wildman–Crippen MR) is 85.1 cm³/mol. The number of ether oxygens (including phenoxy) is 1. The van der Waals surface area contributed by atoms with Gasteiger partial charge in [-0.15, -0.1) is 0 Å². The average Bonchev–Trinajstić information content (AvgIpc) is 3.22. The lowest BCUT2D eigenvalue weighted by Gasteiger charge is -2.49. The van der Waals surface area contributed by atoms with Crippen LogP contribution in [0.5, 0.6) is 0 Å². The van der Waals surface area contributed by atoms with E-state index in [-0.39, 0.29) is 0 Å². The molecule has 2 fully saturated rings. The van der Waals surface area contributed by atoms with Gasteiger partial charge in [0.25, 0.3) is 0 Å². The Morgan fingerprint density at radius 3 is 2.65 bits per heavy atom. The molecule has 2 atom stereocenters. The molecule has 1 aliphatic heterocycles. The van der Waals surface area contributed by atoms with Crippen molar-refractivity contribution in [3.63, 3.8) is 0 Å². The standard InChI is InChI=1S/C17H34N2O/c1-14(2)11-16-12-19(9-5-6-10-20-4)17(3,13-18-16)15-7-8-15/h14-16,18H,5-13H2,1-4H3. The van der Waals surface area contributed by atoms with Crippen molar-refractivity contribution in [1.29, 1.82) is 0 Å². The van der Waals surface area contributed by atoms with E-state index in [0.717, 1.165) is 18.4 Å². The van der Waals surface area contributed by atoms with Crippen molar-refractivity contribution in [2.24, 2.45) is 11.8 Å². The Hall–Kier alpha value is -0.120. The summed E-state index contributed by atoms with van der Waals surface area (Å²) >= 11 is 0. The largest absolute Gasteiger partial charge is 0.385 e. The van der Waals surface area contributed by atoms with Gasteiger partial charge in [0, 0.05) is 38.4 Å². The fourth-order valence-corrected chi connectivity index (χ4v) is 3.73. The maximum atomic E-state index is 5.19. The molecule has 3 heteroatoms. The van der Waals surface area contributed by atoms with E-state index >= 15 is 0 Å². The summed E-state index contributed by atoms with van der Waals surface area (Å²) in [5, 5.41) is 3.83. The van der Waals surface area contributed by atoms with Crippen molar-refractivity contribution in [2.45, 2.75) is 64.5 Å². The van der Waals surface area contributed by atoms with Crippen LogP contribution in [0.3, 0.4) is 0 Å². The van der Waals surface area contributed by atoms with Gasteiger partial charge in [0.1, 0.15) is 0 Å². The van der Waals surface area contributed by atoms with Crippen LogP contribution in [-0.4, -0.2) is 49.8 Å². The third-order valence-electron chi connectivity index (χ3n) is 5.15. The van der Waals surface area contributed by atoms with Crippen molar-refractivity contribution in [3.05, 3.63) is 0 Å². The number of hydrogen-bond acceptors (Lipinski definition) is 3. The Labute approximate surface area is 125 Å². The second-order valence-corrected chi connectivity index (χ2v) is 7.48. The zero-order valence-electron chi connectivity index (χ0n) is 14.0. The van der Waals surface area contributed by atoms with Crippen molar-refractivity contribution in [3.8, 4) is 0 Å². The maximum absolute atomic E-state index is 5.19. The smallest absolute Gasteiger partial charge is 0.0462 e. The third-order valence-corrected chi connectivity index (χ3v) is 5.15. The summed E-state index contributed by atoms with van der Waals surface area (Å²) in [6, 6.07) is 0.684. The van der Waals surface area contributed by atoms with E-state index in [9.17, 15) is 0 Å². The molecule has 2 unspecified atom stereocenters. The van der Waals surface area contributed by atoms with E-state index in [1.807, 2.05) is 0 Å². The molecule has 3 nitrogen and oxygen atoms in total. The monoisotopic (exact) mass is 282 g/mol. The van der Waals surface area contributed by atoms with E-state index in [1.165, 1.54) is 51.7 Å². The molecule has 0 radical (unpaired) electrons. The Balaban J connectivity index is 1.88. The summed E-state index contributed by atoms with van der Waals surface area (Å²) in [6.45, 7) is 11.7. The van der Waals surface area contributed by atoms with Gasteiger partial charge in [-0.2, -0.15) is 0 Å². The lowest BCUT2D eigenvalue weighted by atomic mass is 9.87. The molecule has 1 saturated heterocycles. The summed E-state index contributed by atoms with van der Waals surface area (Å²) in [7, 11) is 1.80. The molecule has 1 heterocycles. The van der Waals surface area contributed by atoms with Gasteiger partial charge in [-0.05, 0) is 57.4 Å². The molecule has 0 aromatic carbocycles. The molecule has 118 valence electrons. The zero-order chi connectivity index (χ0) is 14.6. The number of methoxy groups -OCH3 is 1. The van der Waals surface area contributed by atoms with Crippen LogP contribution >= 0.6 is 0 Å². The van der Waals surface area contributed by atoms with E-state index in [4.69, 9.17) is 4.74 Å². The van der Waals surface area contributed by atoms with Crippen molar-refractivity contribution >= 4 is 0 Å². The highest BCUT2D eigenvalue weighted by molar-refractivity contribution is 5.04. The fraction of sp³-hybridized carbons (Fsp3) is 1.00. The SMILES string of the molecule is COCCCCN1CC(CC(C)C)NCC1(C)C1CC1. The van der Waals surface area contributed by atoms with Crippen molar-refractivity contribution in [1.82, 2.24) is 10.2 Å². The van der Waals surface area contributed by atoms with Crippen LogP contribution in [0.4, 0.5) is 0 Å². The van der Waals surface area contributed by atoms with Gasteiger partial charge >= 0.3 is 0 Å². The minimum atomic E-state index is 0.403. The van der Waals surface area contributed by atoms with E-state index in [1.54, 1.807) is 7.11 Å². The van der Waals surface area contributed by atoms with Gasteiger partial charge in [-0.1, -0.05) is 13.8 Å². The van der Waals surface area contributed by atoms with Crippen LogP contribution in [0.1, 0.15) is 52.9 Å². The maximum Gasteiger partial charge on any atom is 0.0462 e. The second kappa shape index (κ2) is 7.24. The number of rotatable bonds is 8. The van der Waals surface area contributed by atoms with Crippen LogP contribution in [0, 0.1) is 11.8 Å². The van der Waals surface area contributed by atoms with Gasteiger partial charge in [0.05, 0.1) is 0 Å². The molecule has 0 aromatic heterocycles. The Morgan fingerprint density at radius 1 is 1.30 bits per heavy atom. The molecule has 0 bridgehead atoms. The molecule has 2 rings (SSSR count). The van der Waals surface area contributed by atoms with Crippen LogP contribution in [-0.2, 0) is 4.74 Å². The van der Waals surface area contributed by atoms with Gasteiger partial charge < -0.3 is 10.1 Å². The van der Waals surface area contributed by atoms with E-state index < -0.39 is 0 Å². The predicted octanol–water partition coefficient (Wildman–Crippen LogP) is 2.90. The molecule has 1 aliphatic carbocycles. The average molecular weight is 282 g/mol. The lowest BCUT2D eigenvalue weighted by Crippen LogP contribution is -2.64. The topological polar surface area (TPSA) is 24.5 Å². The summed E-state index contributed by atoms with van der Waals surface area (Å²) < 4.78 is 5.19. The van der Waals surface area contributed by atoms with E-state index in [0.29, 0.717) is 11.6 Å². The minimum Gasteiger partial charge on any atom is -0.385 e. The van der Waals surface area contributed by atoms with Gasteiger partial charge in [0.15, 0.2) is 0 Å². The summed E-state index contributed by atoms with van der Waals surface area (Å²) in [5.41, 5.74) is 0.403. The number of piperazine rings is 1. The highest BCUT2D eigenvalue weighted by Gasteiger charge is 2.47. The second-order valence-electron chi connectivity index (χ2n) is 7.48. The Bertz CT molecular complexity index is 291. The van der Waals surface area contributed by atoms with Gasteiger partial charge in [-0.3, -0.25) is 4.90 Å². The summed E-state index contributed by atoms with van der Waals surface area (Å²) in [5.74, 6) is 1.71. The van der Waals surface area contributed by atoms with Crippen LogP contribution in [0.2, 0.25) is 0 Å². The highest BCUT2D eigenvalue weighted by atomic mass is 16.5.